The molecular formula is C22H32N4O2. The first kappa shape index (κ1) is 20.4. The normalized spacial score (nSPS) is 23.7. The molecule has 0 saturated heterocycles. The summed E-state index contributed by atoms with van der Waals surface area (Å²) in [6.07, 6.45) is 2.11. The molecule has 2 aromatic rings. The third kappa shape index (κ3) is 3.40. The molecule has 0 spiro atoms. The number of para-hydroxylation sites is 1. The molecule has 2 atom stereocenters. The summed E-state index contributed by atoms with van der Waals surface area (Å²) in [7, 11) is 0. The molecule has 1 aliphatic carbocycles. The van der Waals surface area contributed by atoms with Crippen LogP contribution in [0.3, 0.4) is 0 Å². The van der Waals surface area contributed by atoms with E-state index in [1.54, 1.807) is 0 Å². The third-order valence-electron chi connectivity index (χ3n) is 6.81. The highest BCUT2D eigenvalue weighted by atomic mass is 16.2. The molecule has 2 amide bonds. The number of carbonyl (C=O) groups is 2. The fourth-order valence-electron chi connectivity index (χ4n) is 4.50. The Balaban J connectivity index is 1.63. The first-order valence-electron chi connectivity index (χ1n) is 10.2. The highest BCUT2D eigenvalue weighted by Gasteiger charge is 2.57. The summed E-state index contributed by atoms with van der Waals surface area (Å²) in [4.78, 5) is 33.5. The summed E-state index contributed by atoms with van der Waals surface area (Å²) in [6.45, 7) is 11.2. The summed E-state index contributed by atoms with van der Waals surface area (Å²) in [5, 5.41) is 6.01. The van der Waals surface area contributed by atoms with Gasteiger partial charge in [0.2, 0.25) is 11.8 Å². The lowest BCUT2D eigenvalue weighted by molar-refractivity contribution is -0.138. The number of aromatic amines is 1. The van der Waals surface area contributed by atoms with Crippen molar-refractivity contribution in [2.45, 2.75) is 53.9 Å². The summed E-state index contributed by atoms with van der Waals surface area (Å²) >= 11 is 0. The van der Waals surface area contributed by atoms with Gasteiger partial charge in [-0.2, -0.15) is 0 Å². The van der Waals surface area contributed by atoms with Gasteiger partial charge in [0.1, 0.15) is 5.82 Å². The second-order valence-electron chi connectivity index (χ2n) is 8.70. The monoisotopic (exact) mass is 384 g/mol. The van der Waals surface area contributed by atoms with Crippen LogP contribution in [0.25, 0.3) is 11.0 Å². The van der Waals surface area contributed by atoms with Crippen LogP contribution in [0.4, 0.5) is 0 Å². The number of aryl methyl sites for hydroxylation is 1. The fourth-order valence-corrected chi connectivity index (χ4v) is 4.50. The highest BCUT2D eigenvalue weighted by Crippen LogP contribution is 2.56. The average Bonchev–Trinajstić information content (AvgIpc) is 3.15. The Morgan fingerprint density at radius 3 is 2.68 bits per heavy atom. The average molecular weight is 385 g/mol. The minimum Gasteiger partial charge on any atom is -0.356 e. The van der Waals surface area contributed by atoms with Crippen molar-refractivity contribution in [3.63, 3.8) is 0 Å². The molecule has 0 unspecified atom stereocenters. The number of aromatic nitrogens is 2. The number of hydrogen-bond donors (Lipinski definition) is 3. The molecule has 3 N–H and O–H groups in total. The lowest BCUT2D eigenvalue weighted by Gasteiger charge is -2.39. The van der Waals surface area contributed by atoms with Gasteiger partial charge in [-0.25, -0.2) is 4.98 Å². The fraction of sp³-hybridized carbons (Fsp3) is 0.591. The van der Waals surface area contributed by atoms with Crippen molar-refractivity contribution < 1.29 is 9.59 Å². The Hall–Kier alpha value is -2.37. The van der Waals surface area contributed by atoms with Crippen LogP contribution in [-0.4, -0.2) is 34.9 Å². The topological polar surface area (TPSA) is 86.9 Å². The predicted octanol–water partition coefficient (Wildman–Crippen LogP) is 3.11. The van der Waals surface area contributed by atoms with Gasteiger partial charge in [-0.1, -0.05) is 32.9 Å². The van der Waals surface area contributed by atoms with Crippen molar-refractivity contribution >= 4 is 22.8 Å². The molecule has 152 valence electrons. The Labute approximate surface area is 166 Å². The largest absolute Gasteiger partial charge is 0.356 e. The van der Waals surface area contributed by atoms with Gasteiger partial charge >= 0.3 is 0 Å². The van der Waals surface area contributed by atoms with Crippen molar-refractivity contribution in [1.29, 1.82) is 0 Å². The Morgan fingerprint density at radius 2 is 2.00 bits per heavy atom. The maximum absolute atomic E-state index is 13.1. The zero-order chi connectivity index (χ0) is 20.5. The van der Waals surface area contributed by atoms with Crippen molar-refractivity contribution in [2.24, 2.45) is 16.7 Å². The predicted molar refractivity (Wildman–Crippen MR) is 111 cm³/mol. The molecule has 1 aromatic carbocycles. The Kier molecular flexibility index (Phi) is 5.50. The van der Waals surface area contributed by atoms with Crippen molar-refractivity contribution in [2.75, 3.05) is 13.1 Å². The quantitative estimate of drug-likeness (QED) is 0.715. The van der Waals surface area contributed by atoms with Gasteiger partial charge in [0.25, 0.3) is 0 Å². The number of amides is 2. The smallest absolute Gasteiger partial charge is 0.226 e. The molecule has 3 rings (SSSR count). The summed E-state index contributed by atoms with van der Waals surface area (Å²) in [6, 6.07) is 6.07. The van der Waals surface area contributed by atoms with Gasteiger partial charge in [0.05, 0.1) is 16.4 Å². The molecule has 1 aromatic heterocycles. The van der Waals surface area contributed by atoms with Gasteiger partial charge in [0.15, 0.2) is 0 Å². The molecule has 1 saturated carbocycles. The summed E-state index contributed by atoms with van der Waals surface area (Å²) in [5.74, 6) is 0.820. The van der Waals surface area contributed by atoms with Crippen molar-refractivity contribution in [1.82, 2.24) is 20.6 Å². The molecule has 6 nitrogen and oxygen atoms in total. The number of benzene rings is 1. The number of imidazole rings is 1. The van der Waals surface area contributed by atoms with Gasteiger partial charge < -0.3 is 15.6 Å². The first-order valence-corrected chi connectivity index (χ1v) is 10.2. The van der Waals surface area contributed by atoms with Gasteiger partial charge in [0, 0.05) is 25.4 Å². The number of fused-ring (bicyclic) bond motifs is 1. The Morgan fingerprint density at radius 1 is 1.25 bits per heavy atom. The molecule has 1 heterocycles. The maximum Gasteiger partial charge on any atom is 0.226 e. The zero-order valence-electron chi connectivity index (χ0n) is 17.6. The van der Waals surface area contributed by atoms with Crippen LogP contribution in [0.5, 0.6) is 0 Å². The lowest BCUT2D eigenvalue weighted by Crippen LogP contribution is -2.49. The van der Waals surface area contributed by atoms with E-state index in [9.17, 15) is 9.59 Å². The molecule has 0 aliphatic heterocycles. The van der Waals surface area contributed by atoms with E-state index in [0.717, 1.165) is 35.3 Å². The standard InChI is InChI=1S/C22H32N4O2/c1-6-23-19(27)15-10-12-22(5,21(15,3)4)20(28)24-13-11-17-25-16-9-7-8-14(2)18(16)26-17/h7-9,15H,6,10-13H2,1-5H3,(H,23,27)(H,24,28)(H,25,26)/t15-,22+/m0/s1. The van der Waals surface area contributed by atoms with Gasteiger partial charge in [-0.15, -0.1) is 0 Å². The SMILES string of the molecule is CCNC(=O)[C@@H]1CC[C@](C)(C(=O)NCCc2nc3c(C)cccc3[nH]2)C1(C)C. The lowest BCUT2D eigenvalue weighted by atomic mass is 9.65. The van der Waals surface area contributed by atoms with E-state index >= 15 is 0 Å². The Bertz CT molecular complexity index is 886. The summed E-state index contributed by atoms with van der Waals surface area (Å²) < 4.78 is 0. The van der Waals surface area contributed by atoms with Crippen LogP contribution in [-0.2, 0) is 16.0 Å². The number of nitrogens with one attached hydrogen (secondary N) is 3. The van der Waals surface area contributed by atoms with Crippen LogP contribution in [0.15, 0.2) is 18.2 Å². The van der Waals surface area contributed by atoms with E-state index in [0.29, 0.717) is 19.5 Å². The van der Waals surface area contributed by atoms with Crippen LogP contribution < -0.4 is 10.6 Å². The summed E-state index contributed by atoms with van der Waals surface area (Å²) in [5.41, 5.74) is 2.19. The van der Waals surface area contributed by atoms with Crippen molar-refractivity contribution in [3.8, 4) is 0 Å². The molecule has 0 radical (unpaired) electrons. The van der Waals surface area contributed by atoms with Crippen LogP contribution in [0.1, 0.15) is 51.9 Å². The zero-order valence-corrected chi connectivity index (χ0v) is 17.6. The van der Waals surface area contributed by atoms with Crippen molar-refractivity contribution in [3.05, 3.63) is 29.6 Å². The van der Waals surface area contributed by atoms with Gasteiger partial charge in [-0.05, 0) is 43.7 Å². The number of H-pyrrole nitrogens is 1. The van der Waals surface area contributed by atoms with Crippen LogP contribution in [0, 0.1) is 23.7 Å². The molecule has 6 heteroatoms. The second kappa shape index (κ2) is 7.57. The van der Waals surface area contributed by atoms with Crippen LogP contribution in [0.2, 0.25) is 0 Å². The molecular weight excluding hydrogens is 352 g/mol. The van der Waals surface area contributed by atoms with E-state index in [2.05, 4.69) is 20.6 Å². The molecule has 28 heavy (non-hydrogen) atoms. The van der Waals surface area contributed by atoms with E-state index in [1.165, 1.54) is 0 Å². The van der Waals surface area contributed by atoms with E-state index < -0.39 is 10.8 Å². The number of hydrogen-bond acceptors (Lipinski definition) is 3. The first-order chi connectivity index (χ1) is 13.2. The molecule has 0 bridgehead atoms. The van der Waals surface area contributed by atoms with Crippen LogP contribution >= 0.6 is 0 Å². The molecule has 1 aliphatic rings. The number of rotatable bonds is 6. The van der Waals surface area contributed by atoms with E-state index in [4.69, 9.17) is 0 Å². The minimum atomic E-state index is -0.562. The third-order valence-corrected chi connectivity index (χ3v) is 6.81. The number of carbonyl (C=O) groups excluding carboxylic acids is 2. The van der Waals surface area contributed by atoms with E-state index in [-0.39, 0.29) is 17.7 Å². The number of nitrogens with zero attached hydrogens (tertiary/aromatic N) is 1. The molecule has 1 fully saturated rings. The maximum atomic E-state index is 13.1. The van der Waals surface area contributed by atoms with Gasteiger partial charge in [-0.3, -0.25) is 9.59 Å². The second-order valence-corrected chi connectivity index (χ2v) is 8.70. The van der Waals surface area contributed by atoms with E-state index in [1.807, 2.05) is 52.8 Å². The highest BCUT2D eigenvalue weighted by molar-refractivity contribution is 5.87. The minimum absolute atomic E-state index is 0.0246.